The van der Waals surface area contributed by atoms with Crippen LogP contribution >= 0.6 is 11.3 Å². The topological polar surface area (TPSA) is 76.1 Å². The number of sulfone groups is 1. The zero-order valence-corrected chi connectivity index (χ0v) is 16.4. The lowest BCUT2D eigenvalue weighted by atomic mass is 10.0. The van der Waals surface area contributed by atoms with E-state index in [0.29, 0.717) is 6.42 Å². The molecule has 5 nitrogen and oxygen atoms in total. The van der Waals surface area contributed by atoms with E-state index in [4.69, 9.17) is 0 Å². The first-order chi connectivity index (χ1) is 13.0. The average molecular weight is 401 g/mol. The lowest BCUT2D eigenvalue weighted by Crippen LogP contribution is -2.17. The SMILES string of the molecule is O=C(CC1CCS(=O)(=O)C1)Nc1ccc(Cc2nc3ccccc3s2)cc1. The average Bonchev–Trinajstić information content (AvgIpc) is 3.18. The van der Waals surface area contributed by atoms with Crippen LogP contribution in [-0.4, -0.2) is 30.8 Å². The number of nitrogens with one attached hydrogen (secondary N) is 1. The van der Waals surface area contributed by atoms with Crippen molar-refractivity contribution in [2.45, 2.75) is 19.3 Å². The van der Waals surface area contributed by atoms with Crippen molar-refractivity contribution in [1.82, 2.24) is 4.98 Å². The number of hydrogen-bond acceptors (Lipinski definition) is 5. The smallest absolute Gasteiger partial charge is 0.224 e. The van der Waals surface area contributed by atoms with Crippen LogP contribution in [-0.2, 0) is 21.1 Å². The summed E-state index contributed by atoms with van der Waals surface area (Å²) in [5, 5.41) is 3.93. The second-order valence-electron chi connectivity index (χ2n) is 6.97. The van der Waals surface area contributed by atoms with Gasteiger partial charge in [-0.25, -0.2) is 13.4 Å². The van der Waals surface area contributed by atoms with Crippen molar-refractivity contribution in [2.75, 3.05) is 16.8 Å². The van der Waals surface area contributed by atoms with Gasteiger partial charge in [0, 0.05) is 18.5 Å². The molecule has 140 valence electrons. The molecule has 1 fully saturated rings. The highest BCUT2D eigenvalue weighted by atomic mass is 32.2. The molecular weight excluding hydrogens is 380 g/mol. The van der Waals surface area contributed by atoms with Crippen molar-refractivity contribution in [2.24, 2.45) is 5.92 Å². The summed E-state index contributed by atoms with van der Waals surface area (Å²) >= 11 is 1.69. The number of benzene rings is 2. The second kappa shape index (κ2) is 7.40. The number of amides is 1. The van der Waals surface area contributed by atoms with Gasteiger partial charge in [0.2, 0.25) is 5.91 Å². The summed E-state index contributed by atoms with van der Waals surface area (Å²) in [5.74, 6) is 0.136. The first-order valence-electron chi connectivity index (χ1n) is 8.90. The summed E-state index contributed by atoms with van der Waals surface area (Å²) < 4.78 is 24.2. The number of hydrogen-bond donors (Lipinski definition) is 1. The van der Waals surface area contributed by atoms with E-state index in [1.807, 2.05) is 42.5 Å². The van der Waals surface area contributed by atoms with Gasteiger partial charge in [0.15, 0.2) is 9.84 Å². The summed E-state index contributed by atoms with van der Waals surface area (Å²) in [6, 6.07) is 15.8. The molecular formula is C20H20N2O3S2. The third-order valence-corrected chi connectivity index (χ3v) is 7.61. The van der Waals surface area contributed by atoms with Crippen LogP contribution in [0, 0.1) is 5.92 Å². The molecule has 4 rings (SSSR count). The van der Waals surface area contributed by atoms with Crippen molar-refractivity contribution in [3.8, 4) is 0 Å². The Hall–Kier alpha value is -2.25. The van der Waals surface area contributed by atoms with Crippen LogP contribution in [0.25, 0.3) is 10.2 Å². The molecule has 0 bridgehead atoms. The highest BCUT2D eigenvalue weighted by molar-refractivity contribution is 7.91. The van der Waals surface area contributed by atoms with Gasteiger partial charge in [-0.3, -0.25) is 4.79 Å². The quantitative estimate of drug-likeness (QED) is 0.709. The molecule has 1 aliphatic heterocycles. The summed E-state index contributed by atoms with van der Waals surface area (Å²) in [6.07, 6.45) is 1.59. The van der Waals surface area contributed by atoms with Crippen molar-refractivity contribution in [1.29, 1.82) is 0 Å². The number of para-hydroxylation sites is 1. The summed E-state index contributed by atoms with van der Waals surface area (Å²) in [6.45, 7) is 0. The number of rotatable bonds is 5. The van der Waals surface area contributed by atoms with E-state index in [2.05, 4.69) is 16.4 Å². The van der Waals surface area contributed by atoms with Gasteiger partial charge in [-0.2, -0.15) is 0 Å². The molecule has 0 spiro atoms. The lowest BCUT2D eigenvalue weighted by molar-refractivity contribution is -0.116. The maximum Gasteiger partial charge on any atom is 0.224 e. The van der Waals surface area contributed by atoms with Crippen molar-refractivity contribution in [3.05, 3.63) is 59.1 Å². The van der Waals surface area contributed by atoms with Gasteiger partial charge in [0.1, 0.15) is 0 Å². The number of anilines is 1. The molecule has 0 radical (unpaired) electrons. The van der Waals surface area contributed by atoms with E-state index < -0.39 is 9.84 Å². The van der Waals surface area contributed by atoms with Crippen molar-refractivity contribution in [3.63, 3.8) is 0 Å². The first-order valence-corrected chi connectivity index (χ1v) is 11.5. The maximum atomic E-state index is 12.1. The first kappa shape index (κ1) is 18.1. The van der Waals surface area contributed by atoms with Crippen LogP contribution in [0.4, 0.5) is 5.69 Å². The Kier molecular flexibility index (Phi) is 4.97. The minimum absolute atomic E-state index is 0.0618. The molecule has 0 aliphatic carbocycles. The van der Waals surface area contributed by atoms with E-state index in [-0.39, 0.29) is 29.8 Å². The lowest BCUT2D eigenvalue weighted by Gasteiger charge is -2.09. The fourth-order valence-corrected chi connectivity index (χ4v) is 6.25. The highest BCUT2D eigenvalue weighted by Gasteiger charge is 2.29. The van der Waals surface area contributed by atoms with Gasteiger partial charge in [-0.1, -0.05) is 24.3 Å². The molecule has 1 amide bonds. The summed E-state index contributed by atoms with van der Waals surface area (Å²) in [7, 11) is -2.94. The Morgan fingerprint density at radius 3 is 2.63 bits per heavy atom. The Bertz CT molecular complexity index is 1040. The molecule has 27 heavy (non-hydrogen) atoms. The molecule has 7 heteroatoms. The largest absolute Gasteiger partial charge is 0.326 e. The maximum absolute atomic E-state index is 12.1. The third kappa shape index (κ3) is 4.54. The second-order valence-corrected chi connectivity index (χ2v) is 10.3. The molecule has 3 aromatic rings. The summed E-state index contributed by atoms with van der Waals surface area (Å²) in [4.78, 5) is 16.8. The molecule has 1 N–H and O–H groups in total. The Morgan fingerprint density at radius 2 is 1.93 bits per heavy atom. The standard InChI is InChI=1S/C20H20N2O3S2/c23-19(11-15-9-10-27(24,25)13-15)21-16-7-5-14(6-8-16)12-20-22-17-3-1-2-4-18(17)26-20/h1-8,15H,9-13H2,(H,21,23). The fraction of sp³-hybridized carbons (Fsp3) is 0.300. The van der Waals surface area contributed by atoms with Gasteiger partial charge in [0.25, 0.3) is 0 Å². The Labute approximate surface area is 162 Å². The van der Waals surface area contributed by atoms with Gasteiger partial charge in [0.05, 0.1) is 26.7 Å². The third-order valence-electron chi connectivity index (χ3n) is 4.73. The van der Waals surface area contributed by atoms with Crippen molar-refractivity contribution >= 4 is 43.0 Å². The fourth-order valence-electron chi connectivity index (χ4n) is 3.38. The van der Waals surface area contributed by atoms with Crippen LogP contribution in [0.2, 0.25) is 0 Å². The van der Waals surface area contributed by atoms with E-state index in [9.17, 15) is 13.2 Å². The number of carbonyl (C=O) groups excluding carboxylic acids is 1. The number of nitrogens with zero attached hydrogens (tertiary/aromatic N) is 1. The minimum atomic E-state index is -2.94. The number of thiazole rings is 1. The molecule has 1 aromatic heterocycles. The molecule has 1 atom stereocenters. The van der Waals surface area contributed by atoms with Crippen LogP contribution in [0.3, 0.4) is 0 Å². The molecule has 1 aliphatic rings. The molecule has 2 heterocycles. The van der Waals surface area contributed by atoms with E-state index in [1.54, 1.807) is 11.3 Å². The minimum Gasteiger partial charge on any atom is -0.326 e. The van der Waals surface area contributed by atoms with Gasteiger partial charge in [-0.05, 0) is 42.2 Å². The Balaban J connectivity index is 1.35. The monoisotopic (exact) mass is 400 g/mol. The molecule has 1 unspecified atom stereocenters. The van der Waals surface area contributed by atoms with Crippen LogP contribution in [0.1, 0.15) is 23.4 Å². The normalized spacial score (nSPS) is 18.6. The Morgan fingerprint density at radius 1 is 1.15 bits per heavy atom. The number of aromatic nitrogens is 1. The van der Waals surface area contributed by atoms with Gasteiger partial charge >= 0.3 is 0 Å². The highest BCUT2D eigenvalue weighted by Crippen LogP contribution is 2.25. The van der Waals surface area contributed by atoms with Gasteiger partial charge < -0.3 is 5.32 Å². The van der Waals surface area contributed by atoms with E-state index in [0.717, 1.165) is 28.2 Å². The van der Waals surface area contributed by atoms with Crippen LogP contribution in [0.5, 0.6) is 0 Å². The molecule has 1 saturated heterocycles. The number of carbonyl (C=O) groups is 1. The molecule has 0 saturated carbocycles. The predicted molar refractivity (Wildman–Crippen MR) is 109 cm³/mol. The van der Waals surface area contributed by atoms with Crippen LogP contribution in [0.15, 0.2) is 48.5 Å². The number of fused-ring (bicyclic) bond motifs is 1. The zero-order valence-electron chi connectivity index (χ0n) is 14.7. The summed E-state index contributed by atoms with van der Waals surface area (Å²) in [5.41, 5.74) is 2.89. The molecule has 2 aromatic carbocycles. The van der Waals surface area contributed by atoms with Crippen LogP contribution < -0.4 is 5.32 Å². The van der Waals surface area contributed by atoms with Crippen molar-refractivity contribution < 1.29 is 13.2 Å². The zero-order chi connectivity index (χ0) is 18.9. The van der Waals surface area contributed by atoms with Gasteiger partial charge in [-0.15, -0.1) is 11.3 Å². The van der Waals surface area contributed by atoms with E-state index >= 15 is 0 Å². The predicted octanol–water partition coefficient (Wildman–Crippen LogP) is 3.65. The van der Waals surface area contributed by atoms with E-state index in [1.165, 1.54) is 4.70 Å².